The van der Waals surface area contributed by atoms with Gasteiger partial charge in [0.1, 0.15) is 0 Å². The molecule has 0 aliphatic rings. The van der Waals surface area contributed by atoms with Gasteiger partial charge in [-0.15, -0.1) is 0 Å². The van der Waals surface area contributed by atoms with Gasteiger partial charge in [-0.25, -0.2) is 4.68 Å². The molecule has 0 aliphatic heterocycles. The lowest BCUT2D eigenvalue weighted by Crippen LogP contribution is -2.12. The highest BCUT2D eigenvalue weighted by atomic mass is 16.5. The fourth-order valence-electron chi connectivity index (χ4n) is 2.60. The maximum atomic E-state index is 12.4. The first kappa shape index (κ1) is 16.5. The molecule has 0 saturated carbocycles. The standard InChI is InChI=1S/C18H18N4O3/c1-11(23)19-13-5-7-14(8-6-13)20-17(24)12-4-9-15-16(10-12)21-22(2)18(15)25-3/h4-10H,1-3H3,(H,19,23)(H,20,24). The van der Waals surface area contributed by atoms with Crippen LogP contribution in [0.15, 0.2) is 42.5 Å². The van der Waals surface area contributed by atoms with Gasteiger partial charge >= 0.3 is 0 Å². The number of aromatic nitrogens is 2. The molecule has 0 fully saturated rings. The van der Waals surface area contributed by atoms with Crippen LogP contribution in [0.4, 0.5) is 11.4 Å². The van der Waals surface area contributed by atoms with E-state index in [1.807, 2.05) is 6.07 Å². The predicted octanol–water partition coefficient (Wildman–Crippen LogP) is 2.79. The summed E-state index contributed by atoms with van der Waals surface area (Å²) in [7, 11) is 3.37. The molecule has 128 valence electrons. The molecule has 2 amide bonds. The summed E-state index contributed by atoms with van der Waals surface area (Å²) in [6, 6.07) is 12.2. The Hall–Kier alpha value is -3.35. The topological polar surface area (TPSA) is 85.2 Å². The average Bonchev–Trinajstić information content (AvgIpc) is 2.90. The number of carbonyl (C=O) groups excluding carboxylic acids is 2. The molecule has 0 spiro atoms. The molecule has 7 heteroatoms. The lowest BCUT2D eigenvalue weighted by molar-refractivity contribution is -0.114. The van der Waals surface area contributed by atoms with Crippen molar-refractivity contribution in [1.82, 2.24) is 9.78 Å². The van der Waals surface area contributed by atoms with Crippen molar-refractivity contribution in [3.8, 4) is 5.88 Å². The number of methoxy groups -OCH3 is 1. The molecule has 0 bridgehead atoms. The first-order valence-corrected chi connectivity index (χ1v) is 7.67. The van der Waals surface area contributed by atoms with E-state index in [2.05, 4.69) is 15.7 Å². The number of nitrogens with zero attached hydrogens (tertiary/aromatic N) is 2. The van der Waals surface area contributed by atoms with Gasteiger partial charge in [0, 0.05) is 30.9 Å². The van der Waals surface area contributed by atoms with Gasteiger partial charge in [-0.05, 0) is 42.5 Å². The summed E-state index contributed by atoms with van der Waals surface area (Å²) in [5.41, 5.74) is 2.50. The molecule has 25 heavy (non-hydrogen) atoms. The Bertz CT molecular complexity index is 945. The Balaban J connectivity index is 1.79. The smallest absolute Gasteiger partial charge is 0.255 e. The molecular weight excluding hydrogens is 320 g/mol. The fourth-order valence-corrected chi connectivity index (χ4v) is 2.60. The van der Waals surface area contributed by atoms with Crippen molar-refractivity contribution < 1.29 is 14.3 Å². The molecule has 2 aromatic carbocycles. The summed E-state index contributed by atoms with van der Waals surface area (Å²) in [6.45, 7) is 1.44. The highest BCUT2D eigenvalue weighted by Crippen LogP contribution is 2.25. The molecule has 0 unspecified atom stereocenters. The summed E-state index contributed by atoms with van der Waals surface area (Å²) in [5.74, 6) is 0.269. The van der Waals surface area contributed by atoms with Crippen LogP contribution in [0.2, 0.25) is 0 Å². The molecule has 3 rings (SSSR count). The van der Waals surface area contributed by atoms with Crippen LogP contribution in [0.5, 0.6) is 5.88 Å². The monoisotopic (exact) mass is 338 g/mol. The maximum Gasteiger partial charge on any atom is 0.255 e. The van der Waals surface area contributed by atoms with Crippen molar-refractivity contribution >= 4 is 34.1 Å². The summed E-state index contributed by atoms with van der Waals surface area (Å²) in [5, 5.41) is 10.7. The second kappa shape index (κ2) is 6.64. The highest BCUT2D eigenvalue weighted by molar-refractivity contribution is 6.06. The minimum absolute atomic E-state index is 0.143. The molecule has 0 radical (unpaired) electrons. The lowest BCUT2D eigenvalue weighted by Gasteiger charge is -2.07. The zero-order chi connectivity index (χ0) is 18.0. The quantitative estimate of drug-likeness (QED) is 0.766. The van der Waals surface area contributed by atoms with Crippen LogP contribution in [0.25, 0.3) is 10.9 Å². The Morgan fingerprint density at radius 2 is 1.68 bits per heavy atom. The minimum Gasteiger partial charge on any atom is -0.481 e. The fraction of sp³-hybridized carbons (Fsp3) is 0.167. The maximum absolute atomic E-state index is 12.4. The van der Waals surface area contributed by atoms with Gasteiger partial charge in [0.15, 0.2) is 0 Å². The van der Waals surface area contributed by atoms with E-state index in [9.17, 15) is 9.59 Å². The molecule has 7 nitrogen and oxygen atoms in total. The summed E-state index contributed by atoms with van der Waals surface area (Å²) < 4.78 is 6.93. The summed E-state index contributed by atoms with van der Waals surface area (Å²) in [6.07, 6.45) is 0. The number of fused-ring (bicyclic) bond motifs is 1. The second-order valence-corrected chi connectivity index (χ2v) is 5.58. The van der Waals surface area contributed by atoms with Crippen molar-refractivity contribution in [2.24, 2.45) is 7.05 Å². The molecular formula is C18H18N4O3. The van der Waals surface area contributed by atoms with Crippen molar-refractivity contribution in [1.29, 1.82) is 0 Å². The second-order valence-electron chi connectivity index (χ2n) is 5.58. The van der Waals surface area contributed by atoms with E-state index in [1.165, 1.54) is 6.92 Å². The van der Waals surface area contributed by atoms with E-state index in [0.717, 1.165) is 5.39 Å². The van der Waals surface area contributed by atoms with Crippen molar-refractivity contribution in [3.05, 3.63) is 48.0 Å². The normalized spacial score (nSPS) is 10.5. The Morgan fingerprint density at radius 3 is 2.28 bits per heavy atom. The lowest BCUT2D eigenvalue weighted by atomic mass is 10.1. The third-order valence-electron chi connectivity index (χ3n) is 3.70. The first-order valence-electron chi connectivity index (χ1n) is 7.67. The third-order valence-corrected chi connectivity index (χ3v) is 3.70. The van der Waals surface area contributed by atoms with Gasteiger partial charge in [-0.1, -0.05) is 0 Å². The van der Waals surface area contributed by atoms with Gasteiger partial charge in [0.25, 0.3) is 5.91 Å². The number of rotatable bonds is 4. The number of hydrogen-bond acceptors (Lipinski definition) is 4. The zero-order valence-electron chi connectivity index (χ0n) is 14.2. The third kappa shape index (κ3) is 3.45. The van der Waals surface area contributed by atoms with E-state index < -0.39 is 0 Å². The SMILES string of the molecule is COc1c2ccc(C(=O)Nc3ccc(NC(C)=O)cc3)cc2nn1C. The predicted molar refractivity (Wildman–Crippen MR) is 96.0 cm³/mol. The first-order chi connectivity index (χ1) is 12.0. The van der Waals surface area contributed by atoms with Gasteiger partial charge in [-0.3, -0.25) is 9.59 Å². The van der Waals surface area contributed by atoms with Crippen LogP contribution < -0.4 is 15.4 Å². The van der Waals surface area contributed by atoms with Gasteiger partial charge in [0.2, 0.25) is 11.8 Å². The van der Waals surface area contributed by atoms with Gasteiger partial charge in [0.05, 0.1) is 18.0 Å². The Labute approximate surface area is 144 Å². The van der Waals surface area contributed by atoms with Gasteiger partial charge in [-0.2, -0.15) is 5.10 Å². The van der Waals surface area contributed by atoms with Crippen molar-refractivity contribution in [3.63, 3.8) is 0 Å². The average molecular weight is 338 g/mol. The molecule has 0 atom stereocenters. The minimum atomic E-state index is -0.237. The molecule has 0 aliphatic carbocycles. The molecule has 1 aromatic heterocycles. The van der Waals surface area contributed by atoms with E-state index in [1.54, 1.807) is 55.2 Å². The number of ether oxygens (including phenoxy) is 1. The summed E-state index contributed by atoms with van der Waals surface area (Å²) >= 11 is 0. The Kier molecular flexibility index (Phi) is 4.38. The van der Waals surface area contributed by atoms with Gasteiger partial charge < -0.3 is 15.4 Å². The van der Waals surface area contributed by atoms with Crippen molar-refractivity contribution in [2.75, 3.05) is 17.7 Å². The van der Waals surface area contributed by atoms with E-state index in [-0.39, 0.29) is 11.8 Å². The van der Waals surface area contributed by atoms with Crippen molar-refractivity contribution in [2.45, 2.75) is 6.92 Å². The molecule has 3 aromatic rings. The van der Waals surface area contributed by atoms with Crippen LogP contribution >= 0.6 is 0 Å². The largest absolute Gasteiger partial charge is 0.481 e. The van der Waals surface area contributed by atoms with Crippen LogP contribution in [0.3, 0.4) is 0 Å². The number of aryl methyl sites for hydroxylation is 1. The number of nitrogens with one attached hydrogen (secondary N) is 2. The number of amides is 2. The van der Waals surface area contributed by atoms with Crippen LogP contribution in [0, 0.1) is 0 Å². The van der Waals surface area contributed by atoms with Crippen LogP contribution in [0.1, 0.15) is 17.3 Å². The number of benzene rings is 2. The van der Waals surface area contributed by atoms with E-state index in [0.29, 0.717) is 28.3 Å². The Morgan fingerprint density at radius 1 is 1.04 bits per heavy atom. The van der Waals surface area contributed by atoms with Crippen LogP contribution in [-0.2, 0) is 11.8 Å². The number of hydrogen-bond donors (Lipinski definition) is 2. The van der Waals surface area contributed by atoms with Crippen LogP contribution in [-0.4, -0.2) is 28.7 Å². The molecule has 0 saturated heterocycles. The number of anilines is 2. The summed E-state index contributed by atoms with van der Waals surface area (Å²) in [4.78, 5) is 23.5. The highest BCUT2D eigenvalue weighted by Gasteiger charge is 2.13. The van der Waals surface area contributed by atoms with E-state index in [4.69, 9.17) is 4.74 Å². The molecule has 1 heterocycles. The van der Waals surface area contributed by atoms with E-state index >= 15 is 0 Å². The zero-order valence-corrected chi connectivity index (χ0v) is 14.2. The molecule has 2 N–H and O–H groups in total. The number of carbonyl (C=O) groups is 2.